The van der Waals surface area contributed by atoms with Gasteiger partial charge in [-0.2, -0.15) is 0 Å². The van der Waals surface area contributed by atoms with Crippen molar-refractivity contribution >= 4 is 9.05 Å². The van der Waals surface area contributed by atoms with Gasteiger partial charge in [0.25, 0.3) is 0 Å². The van der Waals surface area contributed by atoms with Gasteiger partial charge >= 0.3 is 9.05 Å². The van der Waals surface area contributed by atoms with Crippen molar-refractivity contribution in [1.82, 2.24) is 5.32 Å². The lowest BCUT2D eigenvalue weighted by atomic mass is 10.6. The van der Waals surface area contributed by atoms with E-state index in [0.29, 0.717) is 13.1 Å². The van der Waals surface area contributed by atoms with Gasteiger partial charge in [0, 0.05) is 26.2 Å². The van der Waals surface area contributed by atoms with Crippen LogP contribution < -0.4 is 16.8 Å². The van der Waals surface area contributed by atoms with Crippen molar-refractivity contribution in [2.24, 2.45) is 11.5 Å². The number of nitrogens with one attached hydrogen (secondary N) is 1. The molecular weight excluding hydrogens is 182 g/mol. The zero-order chi connectivity index (χ0) is 10.0. The Morgan fingerprint density at radius 2 is 1.17 bits per heavy atom. The Kier molecular flexibility index (Phi) is 10.9. The van der Waals surface area contributed by atoms with Crippen LogP contribution in [0.5, 0.6) is 0 Å². The van der Waals surface area contributed by atoms with Crippen LogP contribution in [0.3, 0.4) is 0 Å². The Hall–Kier alpha value is -0.0631. The zero-order valence-electron chi connectivity index (χ0n) is 6.77. The second-order valence-corrected chi connectivity index (χ2v) is 3.13. The van der Waals surface area contributed by atoms with E-state index in [1.807, 2.05) is 0 Å². The molecule has 0 spiro atoms. The van der Waals surface area contributed by atoms with Gasteiger partial charge in [-0.1, -0.05) is 0 Å². The Balaban J connectivity index is 0. The van der Waals surface area contributed by atoms with Crippen LogP contribution in [-0.4, -0.2) is 54.4 Å². The summed E-state index contributed by atoms with van der Waals surface area (Å²) in [5.41, 5.74) is 10.3. The van der Waals surface area contributed by atoms with Gasteiger partial charge in [-0.15, -0.1) is 0 Å². The highest BCUT2D eigenvalue weighted by Gasteiger charge is 2.22. The molecule has 9 N–H and O–H groups in total. The van der Waals surface area contributed by atoms with Crippen molar-refractivity contribution < 1.29 is 19.2 Å². The topological polar surface area (TPSA) is 145 Å². The molecule has 8 heteroatoms. The average Bonchev–Trinajstić information content (AvgIpc) is 1.85. The molecule has 0 aliphatic rings. The molecule has 0 saturated heterocycles. The number of nitrogens with two attached hydrogens (primary N) is 2. The summed E-state index contributed by atoms with van der Waals surface area (Å²) < 4.78 is 0. The Morgan fingerprint density at radius 3 is 1.33 bits per heavy atom. The third-order valence-corrected chi connectivity index (χ3v) is 0.642. The van der Waals surface area contributed by atoms with E-state index in [1.165, 1.54) is 0 Å². The molecule has 0 rings (SSSR count). The molecule has 0 bridgehead atoms. The van der Waals surface area contributed by atoms with Gasteiger partial charge in [-0.3, -0.25) is 0 Å². The lowest BCUT2D eigenvalue weighted by molar-refractivity contribution is 0.117. The first-order valence-electron chi connectivity index (χ1n) is 3.42. The quantitative estimate of drug-likeness (QED) is 0.180. The van der Waals surface area contributed by atoms with Gasteiger partial charge in [0.15, 0.2) is 0 Å². The zero-order valence-corrected chi connectivity index (χ0v) is 7.77. The van der Waals surface area contributed by atoms with E-state index in [4.69, 9.17) is 30.7 Å². The van der Waals surface area contributed by atoms with E-state index < -0.39 is 9.05 Å². The number of hydrogen-bond acceptors (Lipinski definition) is 7. The normalized spacial score (nSPS) is 10.5. The van der Waals surface area contributed by atoms with Crippen LogP contribution in [0.1, 0.15) is 0 Å². The first-order chi connectivity index (χ1) is 5.41. The molecule has 0 saturated carbocycles. The number of hydrogen-bond donors (Lipinski definition) is 7. The predicted molar refractivity (Wildman–Crippen MR) is 45.6 cm³/mol. The molecule has 0 unspecified atom stereocenters. The summed E-state index contributed by atoms with van der Waals surface area (Å²) in [5, 5.41) is 3.03. The van der Waals surface area contributed by atoms with Gasteiger partial charge in [0.2, 0.25) is 0 Å². The molecule has 0 aromatic carbocycles. The summed E-state index contributed by atoms with van der Waals surface area (Å²) in [6.07, 6.45) is 0. The van der Waals surface area contributed by atoms with Crippen LogP contribution in [0.15, 0.2) is 0 Å². The van der Waals surface area contributed by atoms with Crippen LogP contribution >= 0.6 is 0 Å². The van der Waals surface area contributed by atoms with Crippen molar-refractivity contribution in [2.45, 2.75) is 0 Å². The van der Waals surface area contributed by atoms with E-state index in [0.717, 1.165) is 13.1 Å². The van der Waals surface area contributed by atoms with Gasteiger partial charge in [0.05, 0.1) is 0 Å². The average molecular weight is 199 g/mol. The summed E-state index contributed by atoms with van der Waals surface area (Å²) >= 11 is 0. The molecule has 0 aliphatic carbocycles. The minimum absolute atomic E-state index is 0.694. The van der Waals surface area contributed by atoms with Crippen LogP contribution in [0.4, 0.5) is 0 Å². The summed E-state index contributed by atoms with van der Waals surface area (Å²) in [6, 6.07) is 0. The molecule has 0 aromatic heterocycles. The molecule has 0 atom stereocenters. The summed E-state index contributed by atoms with van der Waals surface area (Å²) in [4.78, 5) is 29.3. The van der Waals surface area contributed by atoms with Gasteiger partial charge in [0.1, 0.15) is 0 Å². The Morgan fingerprint density at radius 1 is 0.917 bits per heavy atom. The monoisotopic (exact) mass is 199 g/mol. The summed E-state index contributed by atoms with van der Waals surface area (Å²) in [5.74, 6) is 0. The molecule has 0 fully saturated rings. The van der Waals surface area contributed by atoms with Crippen LogP contribution in [0.25, 0.3) is 0 Å². The first kappa shape index (κ1) is 14.5. The highest BCUT2D eigenvalue weighted by Crippen LogP contribution is 1.67. The highest BCUT2D eigenvalue weighted by molar-refractivity contribution is 6.46. The van der Waals surface area contributed by atoms with Gasteiger partial charge in [-0.25, -0.2) is 0 Å². The number of rotatable bonds is 4. The van der Waals surface area contributed by atoms with Crippen molar-refractivity contribution in [1.29, 1.82) is 0 Å². The SMILES string of the molecule is NCCNCCN.O[Si](O)(O)O. The van der Waals surface area contributed by atoms with Gasteiger partial charge < -0.3 is 36.0 Å². The lowest BCUT2D eigenvalue weighted by Gasteiger charge is -1.95. The summed E-state index contributed by atoms with van der Waals surface area (Å²) in [6.45, 7) is 3.13. The van der Waals surface area contributed by atoms with Crippen LogP contribution in [-0.2, 0) is 0 Å². The van der Waals surface area contributed by atoms with E-state index in [1.54, 1.807) is 0 Å². The first-order valence-corrected chi connectivity index (χ1v) is 5.21. The third-order valence-electron chi connectivity index (χ3n) is 0.642. The van der Waals surface area contributed by atoms with E-state index in [9.17, 15) is 0 Å². The van der Waals surface area contributed by atoms with Gasteiger partial charge in [-0.05, 0) is 0 Å². The fourth-order valence-electron chi connectivity index (χ4n) is 0.329. The van der Waals surface area contributed by atoms with Crippen LogP contribution in [0, 0.1) is 0 Å². The van der Waals surface area contributed by atoms with Crippen molar-refractivity contribution in [2.75, 3.05) is 26.2 Å². The van der Waals surface area contributed by atoms with E-state index >= 15 is 0 Å². The standard InChI is InChI=1S/C4H13N3.H4O4Si/c5-1-3-7-4-2-6;1-5(2,3)4/h7H,1-6H2;1-4H. The van der Waals surface area contributed by atoms with Crippen molar-refractivity contribution in [3.8, 4) is 0 Å². The highest BCUT2D eigenvalue weighted by atomic mass is 28.4. The molecule has 0 heterocycles. The summed E-state index contributed by atoms with van der Waals surface area (Å²) in [7, 11) is -4.61. The molecule has 0 aromatic rings. The van der Waals surface area contributed by atoms with Crippen molar-refractivity contribution in [3.63, 3.8) is 0 Å². The molecular formula is C4H17N3O4Si. The molecule has 76 valence electrons. The fraction of sp³-hybridized carbons (Fsp3) is 1.00. The molecule has 0 aliphatic heterocycles. The molecule has 12 heavy (non-hydrogen) atoms. The fourth-order valence-corrected chi connectivity index (χ4v) is 0.329. The van der Waals surface area contributed by atoms with E-state index in [2.05, 4.69) is 5.32 Å². The Bertz CT molecular complexity index is 78.9. The smallest absolute Gasteiger partial charge is 0.368 e. The maximum atomic E-state index is 7.33. The van der Waals surface area contributed by atoms with E-state index in [-0.39, 0.29) is 0 Å². The maximum absolute atomic E-state index is 7.33. The van der Waals surface area contributed by atoms with Crippen molar-refractivity contribution in [3.05, 3.63) is 0 Å². The minimum atomic E-state index is -4.61. The molecule has 7 nitrogen and oxygen atoms in total. The predicted octanol–water partition coefficient (Wildman–Crippen LogP) is -4.12. The largest absolute Gasteiger partial charge is 0.668 e. The van der Waals surface area contributed by atoms with Crippen LogP contribution in [0.2, 0.25) is 0 Å². The minimum Gasteiger partial charge on any atom is -0.368 e. The second-order valence-electron chi connectivity index (χ2n) is 1.93. The molecule has 0 radical (unpaired) electrons. The molecule has 0 amide bonds. The second kappa shape index (κ2) is 9.03. The third kappa shape index (κ3) is 51.2. The lowest BCUT2D eigenvalue weighted by Crippen LogP contribution is -2.33. The maximum Gasteiger partial charge on any atom is 0.668 e. The Labute approximate surface area is 72.1 Å².